The smallest absolute Gasteiger partial charge is 0.233 e. The van der Waals surface area contributed by atoms with Gasteiger partial charge in [0.15, 0.2) is 0 Å². The van der Waals surface area contributed by atoms with Gasteiger partial charge in [0.05, 0.1) is 12.0 Å². The fourth-order valence-corrected chi connectivity index (χ4v) is 3.74. The number of benzene rings is 1. The van der Waals surface area contributed by atoms with Crippen LogP contribution in [-0.4, -0.2) is 59.6 Å². The third-order valence-electron chi connectivity index (χ3n) is 5.36. The number of amides is 1. The van der Waals surface area contributed by atoms with Crippen molar-refractivity contribution in [1.29, 1.82) is 0 Å². The summed E-state index contributed by atoms with van der Waals surface area (Å²) in [5.74, 6) is 0.261. The molecular formula is C18H25ClN2O2. The number of halogens is 1. The first-order valence-corrected chi connectivity index (χ1v) is 8.89. The van der Waals surface area contributed by atoms with E-state index in [4.69, 9.17) is 11.6 Å². The molecule has 1 unspecified atom stereocenters. The van der Waals surface area contributed by atoms with Gasteiger partial charge in [-0.05, 0) is 37.0 Å². The molecule has 1 aliphatic carbocycles. The summed E-state index contributed by atoms with van der Waals surface area (Å²) in [6.07, 6.45) is 2.81. The summed E-state index contributed by atoms with van der Waals surface area (Å²) in [6, 6.07) is 7.94. The van der Waals surface area contributed by atoms with Crippen LogP contribution in [0.25, 0.3) is 0 Å². The van der Waals surface area contributed by atoms with Crippen LogP contribution in [0.5, 0.6) is 0 Å². The predicted molar refractivity (Wildman–Crippen MR) is 91.7 cm³/mol. The lowest BCUT2D eigenvalue weighted by molar-refractivity contribution is -0.136. The largest absolute Gasteiger partial charge is 0.395 e. The second kappa shape index (κ2) is 6.80. The summed E-state index contributed by atoms with van der Waals surface area (Å²) < 4.78 is 0. The number of aliphatic hydroxyl groups excluding tert-OH is 1. The Labute approximate surface area is 143 Å². The molecule has 126 valence electrons. The minimum absolute atomic E-state index is 0.194. The van der Waals surface area contributed by atoms with Gasteiger partial charge in [-0.1, -0.05) is 30.7 Å². The zero-order valence-corrected chi connectivity index (χ0v) is 14.4. The molecule has 0 aromatic heterocycles. The average molecular weight is 337 g/mol. The summed E-state index contributed by atoms with van der Waals surface area (Å²) in [6.45, 7) is 5.50. The van der Waals surface area contributed by atoms with Crippen LogP contribution in [0.2, 0.25) is 5.02 Å². The normalized spacial score (nSPS) is 22.0. The quantitative estimate of drug-likeness (QED) is 0.897. The van der Waals surface area contributed by atoms with E-state index in [0.717, 1.165) is 51.0 Å². The van der Waals surface area contributed by atoms with Crippen molar-refractivity contribution in [1.82, 2.24) is 9.80 Å². The number of hydrogen-bond donors (Lipinski definition) is 1. The molecule has 2 aliphatic rings. The number of piperazine rings is 1. The van der Waals surface area contributed by atoms with Crippen LogP contribution in [0.4, 0.5) is 0 Å². The molecule has 1 aliphatic heterocycles. The number of hydrogen-bond acceptors (Lipinski definition) is 3. The maximum absolute atomic E-state index is 13.0. The first kappa shape index (κ1) is 16.7. The third kappa shape index (κ3) is 3.25. The molecule has 2 fully saturated rings. The highest BCUT2D eigenvalue weighted by Gasteiger charge is 2.53. The molecule has 0 radical (unpaired) electrons. The minimum Gasteiger partial charge on any atom is -0.395 e. The number of carbonyl (C=O) groups excluding carboxylic acids is 1. The zero-order valence-electron chi connectivity index (χ0n) is 13.7. The molecule has 1 aromatic carbocycles. The number of aliphatic hydroxyl groups is 1. The van der Waals surface area contributed by atoms with E-state index in [9.17, 15) is 9.90 Å². The van der Waals surface area contributed by atoms with Crippen molar-refractivity contribution >= 4 is 17.5 Å². The highest BCUT2D eigenvalue weighted by atomic mass is 35.5. The molecule has 1 amide bonds. The second-order valence-corrected chi connectivity index (χ2v) is 7.10. The van der Waals surface area contributed by atoms with Crippen molar-refractivity contribution in [2.45, 2.75) is 37.6 Å². The fraction of sp³-hybridized carbons (Fsp3) is 0.611. The highest BCUT2D eigenvalue weighted by Crippen LogP contribution is 2.49. The SMILES string of the molecule is CCC(CO)N1CCN(C(=O)C2(c3ccc(Cl)cc3)CC2)CC1. The standard InChI is InChI=1S/C18H25ClN2O2/c1-2-16(13-22)20-9-11-21(12-10-20)17(23)18(7-8-18)14-3-5-15(19)6-4-14/h3-6,16,22H,2,7-13H2,1H3. The van der Waals surface area contributed by atoms with Crippen molar-refractivity contribution in [3.8, 4) is 0 Å². The first-order valence-electron chi connectivity index (χ1n) is 8.51. The molecule has 0 bridgehead atoms. The molecule has 1 heterocycles. The van der Waals surface area contributed by atoms with Crippen molar-refractivity contribution in [3.63, 3.8) is 0 Å². The predicted octanol–water partition coefficient (Wildman–Crippen LogP) is 2.29. The Kier molecular flexibility index (Phi) is 4.95. The lowest BCUT2D eigenvalue weighted by Crippen LogP contribution is -2.54. The van der Waals surface area contributed by atoms with Crippen molar-refractivity contribution in [2.75, 3.05) is 32.8 Å². The van der Waals surface area contributed by atoms with Crippen LogP contribution in [0, 0.1) is 0 Å². The van der Waals surface area contributed by atoms with Crippen molar-refractivity contribution in [2.24, 2.45) is 0 Å². The molecule has 1 atom stereocenters. The van der Waals surface area contributed by atoms with Gasteiger partial charge in [0.25, 0.3) is 0 Å². The van der Waals surface area contributed by atoms with E-state index in [1.165, 1.54) is 0 Å². The summed E-state index contributed by atoms with van der Waals surface area (Å²) in [5, 5.41) is 10.1. The highest BCUT2D eigenvalue weighted by molar-refractivity contribution is 6.30. The maximum Gasteiger partial charge on any atom is 0.233 e. The van der Waals surface area contributed by atoms with Crippen LogP contribution in [-0.2, 0) is 10.2 Å². The number of nitrogens with zero attached hydrogens (tertiary/aromatic N) is 2. The summed E-state index contributed by atoms with van der Waals surface area (Å²) in [4.78, 5) is 17.3. The molecule has 1 N–H and O–H groups in total. The van der Waals surface area contributed by atoms with Crippen molar-refractivity contribution in [3.05, 3.63) is 34.9 Å². The van der Waals surface area contributed by atoms with E-state index in [-0.39, 0.29) is 24.0 Å². The van der Waals surface area contributed by atoms with Crippen LogP contribution in [0.15, 0.2) is 24.3 Å². The third-order valence-corrected chi connectivity index (χ3v) is 5.61. The van der Waals surface area contributed by atoms with Gasteiger partial charge in [-0.2, -0.15) is 0 Å². The monoisotopic (exact) mass is 336 g/mol. The first-order chi connectivity index (χ1) is 11.1. The summed E-state index contributed by atoms with van der Waals surface area (Å²) >= 11 is 5.96. The van der Waals surface area contributed by atoms with Gasteiger partial charge < -0.3 is 10.0 Å². The van der Waals surface area contributed by atoms with E-state index in [0.29, 0.717) is 5.02 Å². The van der Waals surface area contributed by atoms with Crippen LogP contribution < -0.4 is 0 Å². The Hall–Kier alpha value is -1.10. The Morgan fingerprint density at radius 3 is 2.30 bits per heavy atom. The molecule has 0 spiro atoms. The molecule has 1 saturated heterocycles. The molecule has 3 rings (SSSR count). The van der Waals surface area contributed by atoms with Gasteiger partial charge in [0, 0.05) is 37.2 Å². The summed E-state index contributed by atoms with van der Waals surface area (Å²) in [7, 11) is 0. The van der Waals surface area contributed by atoms with E-state index in [2.05, 4.69) is 11.8 Å². The lowest BCUT2D eigenvalue weighted by atomic mass is 9.94. The second-order valence-electron chi connectivity index (χ2n) is 6.66. The minimum atomic E-state index is -0.312. The van der Waals surface area contributed by atoms with Crippen LogP contribution in [0.3, 0.4) is 0 Å². The Morgan fingerprint density at radius 2 is 1.83 bits per heavy atom. The van der Waals surface area contributed by atoms with Gasteiger partial charge in [-0.3, -0.25) is 9.69 Å². The number of carbonyl (C=O) groups is 1. The molecular weight excluding hydrogens is 312 g/mol. The van der Waals surface area contributed by atoms with Gasteiger partial charge in [-0.25, -0.2) is 0 Å². The molecule has 4 nitrogen and oxygen atoms in total. The Morgan fingerprint density at radius 1 is 1.22 bits per heavy atom. The Bertz CT molecular complexity index is 545. The lowest BCUT2D eigenvalue weighted by Gasteiger charge is -2.39. The summed E-state index contributed by atoms with van der Waals surface area (Å²) in [5.41, 5.74) is 0.782. The fourth-order valence-electron chi connectivity index (χ4n) is 3.62. The number of rotatable bonds is 5. The van der Waals surface area contributed by atoms with E-state index in [1.807, 2.05) is 29.2 Å². The van der Waals surface area contributed by atoms with Crippen molar-refractivity contribution < 1.29 is 9.90 Å². The topological polar surface area (TPSA) is 43.8 Å². The van der Waals surface area contributed by atoms with E-state index >= 15 is 0 Å². The molecule has 1 saturated carbocycles. The molecule has 1 aromatic rings. The van der Waals surface area contributed by atoms with Gasteiger partial charge in [-0.15, -0.1) is 0 Å². The molecule has 23 heavy (non-hydrogen) atoms. The van der Waals surface area contributed by atoms with E-state index in [1.54, 1.807) is 0 Å². The van der Waals surface area contributed by atoms with Gasteiger partial charge in [0.2, 0.25) is 5.91 Å². The zero-order chi connectivity index (χ0) is 16.4. The van der Waals surface area contributed by atoms with E-state index < -0.39 is 0 Å². The van der Waals surface area contributed by atoms with Crippen LogP contribution >= 0.6 is 11.6 Å². The van der Waals surface area contributed by atoms with Gasteiger partial charge >= 0.3 is 0 Å². The average Bonchev–Trinajstić information content (AvgIpc) is 3.38. The van der Waals surface area contributed by atoms with Gasteiger partial charge in [0.1, 0.15) is 0 Å². The maximum atomic E-state index is 13.0. The van der Waals surface area contributed by atoms with Crippen LogP contribution in [0.1, 0.15) is 31.7 Å². The Balaban J connectivity index is 1.64. The molecule has 5 heteroatoms.